The van der Waals surface area contributed by atoms with Gasteiger partial charge in [-0.1, -0.05) is 13.8 Å². The second-order valence-corrected chi connectivity index (χ2v) is 5.22. The maximum Gasteiger partial charge on any atom is 0.00899 e. The fraction of sp³-hybridized carbons (Fsp3) is 1.00. The van der Waals surface area contributed by atoms with E-state index in [0.717, 1.165) is 17.9 Å². The molecule has 2 heteroatoms. The van der Waals surface area contributed by atoms with Gasteiger partial charge < -0.3 is 10.6 Å². The fourth-order valence-electron chi connectivity index (χ4n) is 2.27. The molecule has 2 unspecified atom stereocenters. The van der Waals surface area contributed by atoms with Crippen LogP contribution in [0, 0.1) is 11.8 Å². The molecule has 0 spiro atoms. The Morgan fingerprint density at radius 2 is 1.57 bits per heavy atom. The van der Waals surface area contributed by atoms with Crippen molar-refractivity contribution in [1.82, 2.24) is 4.90 Å². The smallest absolute Gasteiger partial charge is 0.00899 e. The Morgan fingerprint density at radius 3 is 1.93 bits per heavy atom. The highest BCUT2D eigenvalue weighted by atomic mass is 15.2. The summed E-state index contributed by atoms with van der Waals surface area (Å²) in [6.45, 7) is 11.6. The van der Waals surface area contributed by atoms with Crippen molar-refractivity contribution >= 4 is 0 Å². The average Bonchev–Trinajstić information content (AvgIpc) is 2.16. The van der Waals surface area contributed by atoms with Gasteiger partial charge in [-0.2, -0.15) is 0 Å². The van der Waals surface area contributed by atoms with Crippen LogP contribution in [0.3, 0.4) is 0 Å². The number of nitrogens with two attached hydrogens (primary N) is 1. The Balaban J connectivity index is 2.35. The molecule has 84 valence electrons. The summed E-state index contributed by atoms with van der Waals surface area (Å²) in [5.74, 6) is 1.52. The number of likely N-dealkylation sites (tertiary alicyclic amines) is 1. The second-order valence-electron chi connectivity index (χ2n) is 5.22. The SMILES string of the molecule is CC(C)C(C)N1CCC(C(C)N)CC1. The molecule has 0 amide bonds. The van der Waals surface area contributed by atoms with Crippen molar-refractivity contribution in [2.45, 2.75) is 52.6 Å². The van der Waals surface area contributed by atoms with Gasteiger partial charge in [-0.15, -0.1) is 0 Å². The van der Waals surface area contributed by atoms with Gasteiger partial charge in [0.2, 0.25) is 0 Å². The molecular formula is C12H26N2. The monoisotopic (exact) mass is 198 g/mol. The second kappa shape index (κ2) is 5.13. The van der Waals surface area contributed by atoms with Gasteiger partial charge in [-0.3, -0.25) is 0 Å². The molecule has 2 nitrogen and oxygen atoms in total. The molecule has 1 aliphatic rings. The van der Waals surface area contributed by atoms with Gasteiger partial charge >= 0.3 is 0 Å². The Kier molecular flexibility index (Phi) is 4.39. The molecule has 1 rings (SSSR count). The standard InChI is InChI=1S/C12H26N2/c1-9(2)11(4)14-7-5-12(6-8-14)10(3)13/h9-12H,5-8,13H2,1-4H3. The number of hydrogen-bond donors (Lipinski definition) is 1. The minimum Gasteiger partial charge on any atom is -0.328 e. The van der Waals surface area contributed by atoms with Gasteiger partial charge in [-0.25, -0.2) is 0 Å². The lowest BCUT2D eigenvalue weighted by Crippen LogP contribution is -2.45. The summed E-state index contributed by atoms with van der Waals surface area (Å²) in [6, 6.07) is 1.11. The summed E-state index contributed by atoms with van der Waals surface area (Å²) in [5, 5.41) is 0. The van der Waals surface area contributed by atoms with Crippen LogP contribution in [0.1, 0.15) is 40.5 Å². The van der Waals surface area contributed by atoms with E-state index in [1.165, 1.54) is 25.9 Å². The first-order valence-electron chi connectivity index (χ1n) is 6.02. The van der Waals surface area contributed by atoms with E-state index >= 15 is 0 Å². The molecule has 0 radical (unpaired) electrons. The molecule has 0 aromatic carbocycles. The van der Waals surface area contributed by atoms with Gasteiger partial charge in [0, 0.05) is 12.1 Å². The third kappa shape index (κ3) is 2.96. The third-order valence-electron chi connectivity index (χ3n) is 3.86. The topological polar surface area (TPSA) is 29.3 Å². The van der Waals surface area contributed by atoms with Gasteiger partial charge in [0.15, 0.2) is 0 Å². The largest absolute Gasteiger partial charge is 0.328 e. The number of hydrogen-bond acceptors (Lipinski definition) is 2. The van der Waals surface area contributed by atoms with E-state index in [9.17, 15) is 0 Å². The Hall–Kier alpha value is -0.0800. The van der Waals surface area contributed by atoms with Crippen LogP contribution in [0.2, 0.25) is 0 Å². The number of nitrogens with zero attached hydrogens (tertiary/aromatic N) is 1. The highest BCUT2D eigenvalue weighted by molar-refractivity contribution is 4.80. The highest BCUT2D eigenvalue weighted by Gasteiger charge is 2.25. The van der Waals surface area contributed by atoms with Gasteiger partial charge in [0.05, 0.1) is 0 Å². The molecule has 0 bridgehead atoms. The summed E-state index contributed by atoms with van der Waals surface area (Å²) in [6.07, 6.45) is 2.57. The normalized spacial score (nSPS) is 25.3. The van der Waals surface area contributed by atoms with E-state index < -0.39 is 0 Å². The third-order valence-corrected chi connectivity index (χ3v) is 3.86. The first kappa shape index (κ1) is 12.0. The van der Waals surface area contributed by atoms with Crippen molar-refractivity contribution in [3.05, 3.63) is 0 Å². The van der Waals surface area contributed by atoms with Crippen LogP contribution in [0.25, 0.3) is 0 Å². The van der Waals surface area contributed by atoms with Crippen molar-refractivity contribution in [2.24, 2.45) is 17.6 Å². The molecule has 0 aromatic heterocycles. The Bertz CT molecular complexity index is 158. The van der Waals surface area contributed by atoms with E-state index in [4.69, 9.17) is 5.73 Å². The van der Waals surface area contributed by atoms with Crippen LogP contribution >= 0.6 is 0 Å². The summed E-state index contributed by atoms with van der Waals surface area (Å²) < 4.78 is 0. The minimum atomic E-state index is 0.381. The van der Waals surface area contributed by atoms with Gasteiger partial charge in [-0.05, 0) is 51.6 Å². The molecule has 2 N–H and O–H groups in total. The van der Waals surface area contributed by atoms with Crippen molar-refractivity contribution in [2.75, 3.05) is 13.1 Å². The Morgan fingerprint density at radius 1 is 1.07 bits per heavy atom. The van der Waals surface area contributed by atoms with Crippen molar-refractivity contribution in [3.8, 4) is 0 Å². The molecule has 0 aliphatic carbocycles. The lowest BCUT2D eigenvalue weighted by atomic mass is 9.89. The number of piperidine rings is 1. The van der Waals surface area contributed by atoms with Crippen LogP contribution < -0.4 is 5.73 Å². The lowest BCUT2D eigenvalue weighted by molar-refractivity contribution is 0.108. The van der Waals surface area contributed by atoms with Crippen molar-refractivity contribution in [3.63, 3.8) is 0 Å². The molecule has 1 saturated heterocycles. The van der Waals surface area contributed by atoms with E-state index in [1.807, 2.05) is 0 Å². The first-order valence-corrected chi connectivity index (χ1v) is 6.02. The molecule has 0 aromatic rings. The molecule has 1 fully saturated rings. The quantitative estimate of drug-likeness (QED) is 0.752. The van der Waals surface area contributed by atoms with Crippen molar-refractivity contribution < 1.29 is 0 Å². The summed E-state index contributed by atoms with van der Waals surface area (Å²) in [5.41, 5.74) is 5.93. The molecule has 14 heavy (non-hydrogen) atoms. The first-order chi connectivity index (χ1) is 6.52. The molecule has 1 heterocycles. The average molecular weight is 198 g/mol. The number of rotatable bonds is 3. The predicted molar refractivity (Wildman–Crippen MR) is 62.2 cm³/mol. The van der Waals surface area contributed by atoms with Crippen LogP contribution in [0.15, 0.2) is 0 Å². The van der Waals surface area contributed by atoms with E-state index in [0.29, 0.717) is 6.04 Å². The zero-order valence-electron chi connectivity index (χ0n) is 10.2. The highest BCUT2D eigenvalue weighted by Crippen LogP contribution is 2.22. The zero-order chi connectivity index (χ0) is 10.7. The maximum atomic E-state index is 5.93. The molecule has 0 saturated carbocycles. The molecular weight excluding hydrogens is 172 g/mol. The predicted octanol–water partition coefficient (Wildman–Crippen LogP) is 2.09. The summed E-state index contributed by atoms with van der Waals surface area (Å²) >= 11 is 0. The van der Waals surface area contributed by atoms with E-state index in [-0.39, 0.29) is 0 Å². The molecule has 1 aliphatic heterocycles. The van der Waals surface area contributed by atoms with E-state index in [2.05, 4.69) is 32.6 Å². The van der Waals surface area contributed by atoms with Gasteiger partial charge in [0.25, 0.3) is 0 Å². The summed E-state index contributed by atoms with van der Waals surface area (Å²) in [7, 11) is 0. The van der Waals surface area contributed by atoms with E-state index in [1.54, 1.807) is 0 Å². The van der Waals surface area contributed by atoms with Crippen LogP contribution in [0.4, 0.5) is 0 Å². The van der Waals surface area contributed by atoms with Crippen LogP contribution in [-0.4, -0.2) is 30.1 Å². The molecule has 2 atom stereocenters. The lowest BCUT2D eigenvalue weighted by Gasteiger charge is -2.38. The van der Waals surface area contributed by atoms with Crippen LogP contribution in [-0.2, 0) is 0 Å². The fourth-order valence-corrected chi connectivity index (χ4v) is 2.27. The maximum absolute atomic E-state index is 5.93. The summed E-state index contributed by atoms with van der Waals surface area (Å²) in [4.78, 5) is 2.61. The zero-order valence-corrected chi connectivity index (χ0v) is 10.2. The Labute approximate surface area is 88.8 Å². The van der Waals surface area contributed by atoms with Crippen molar-refractivity contribution in [1.29, 1.82) is 0 Å². The van der Waals surface area contributed by atoms with Gasteiger partial charge in [0.1, 0.15) is 0 Å². The van der Waals surface area contributed by atoms with Crippen LogP contribution in [0.5, 0.6) is 0 Å². The minimum absolute atomic E-state index is 0.381.